The molecular formula is C12H17NO2. The molecule has 0 bridgehead atoms. The molecule has 1 aliphatic rings. The number of aliphatic hydroxyl groups excluding tert-OH is 1. The van der Waals surface area contributed by atoms with Crippen molar-refractivity contribution in [1.82, 2.24) is 4.98 Å². The summed E-state index contributed by atoms with van der Waals surface area (Å²) in [5, 5.41) is 9.27. The molecule has 15 heavy (non-hydrogen) atoms. The van der Waals surface area contributed by atoms with Crippen LogP contribution in [0.3, 0.4) is 0 Å². The second kappa shape index (κ2) is 4.19. The van der Waals surface area contributed by atoms with E-state index in [0.29, 0.717) is 12.0 Å². The van der Waals surface area contributed by atoms with Crippen molar-refractivity contribution in [3.05, 3.63) is 22.9 Å². The minimum Gasteiger partial charge on any atom is -0.474 e. The number of hydrogen-bond donors (Lipinski definition) is 1. The number of rotatable bonds is 3. The van der Waals surface area contributed by atoms with Gasteiger partial charge in [0, 0.05) is 11.3 Å². The maximum atomic E-state index is 9.27. The highest BCUT2D eigenvalue weighted by Crippen LogP contribution is 2.28. The zero-order chi connectivity index (χ0) is 10.8. The molecule has 0 unspecified atom stereocenters. The molecule has 0 atom stereocenters. The summed E-state index contributed by atoms with van der Waals surface area (Å²) in [7, 11) is 0. The van der Waals surface area contributed by atoms with Crippen molar-refractivity contribution in [3.8, 4) is 5.88 Å². The highest BCUT2D eigenvalue weighted by atomic mass is 16.5. The van der Waals surface area contributed by atoms with Gasteiger partial charge in [0.1, 0.15) is 6.10 Å². The molecule has 1 N–H and O–H groups in total. The largest absolute Gasteiger partial charge is 0.474 e. The van der Waals surface area contributed by atoms with Crippen molar-refractivity contribution >= 4 is 0 Å². The monoisotopic (exact) mass is 207 g/mol. The second-order valence-electron chi connectivity index (χ2n) is 4.19. The Labute approximate surface area is 90.1 Å². The van der Waals surface area contributed by atoms with E-state index in [1.165, 1.54) is 6.42 Å². The quantitative estimate of drug-likeness (QED) is 0.825. The van der Waals surface area contributed by atoms with Gasteiger partial charge in [-0.3, -0.25) is 0 Å². The number of ether oxygens (including phenoxy) is 1. The normalized spacial score (nSPS) is 16.2. The van der Waals surface area contributed by atoms with Crippen LogP contribution in [0.1, 0.15) is 36.1 Å². The lowest BCUT2D eigenvalue weighted by molar-refractivity contribution is 0.110. The Morgan fingerprint density at radius 3 is 2.73 bits per heavy atom. The lowest BCUT2D eigenvalue weighted by Gasteiger charge is -2.27. The minimum atomic E-state index is 0.00116. The van der Waals surface area contributed by atoms with E-state index in [0.717, 1.165) is 29.7 Å². The Balaban J connectivity index is 2.25. The number of nitrogens with zero attached hydrogens (tertiary/aromatic N) is 1. The summed E-state index contributed by atoms with van der Waals surface area (Å²) in [6.07, 6.45) is 3.77. The molecule has 1 heterocycles. The van der Waals surface area contributed by atoms with Gasteiger partial charge in [0.05, 0.1) is 6.61 Å². The van der Waals surface area contributed by atoms with Crippen molar-refractivity contribution < 1.29 is 9.84 Å². The molecule has 2 rings (SSSR count). The van der Waals surface area contributed by atoms with Crippen LogP contribution in [0.4, 0.5) is 0 Å². The summed E-state index contributed by atoms with van der Waals surface area (Å²) < 4.78 is 5.76. The summed E-state index contributed by atoms with van der Waals surface area (Å²) in [6.45, 7) is 3.93. The molecule has 1 aromatic heterocycles. The molecule has 3 heteroatoms. The van der Waals surface area contributed by atoms with Crippen LogP contribution >= 0.6 is 0 Å². The third kappa shape index (κ3) is 2.12. The van der Waals surface area contributed by atoms with E-state index in [9.17, 15) is 5.11 Å². The summed E-state index contributed by atoms with van der Waals surface area (Å²) >= 11 is 0. The van der Waals surface area contributed by atoms with Crippen LogP contribution in [0.25, 0.3) is 0 Å². The van der Waals surface area contributed by atoms with Crippen LogP contribution in [0, 0.1) is 13.8 Å². The van der Waals surface area contributed by atoms with E-state index in [1.54, 1.807) is 0 Å². The van der Waals surface area contributed by atoms with Crippen molar-refractivity contribution in [3.63, 3.8) is 0 Å². The lowest BCUT2D eigenvalue weighted by Crippen LogP contribution is -2.25. The molecule has 1 saturated carbocycles. The number of aliphatic hydroxyl groups is 1. The molecule has 0 saturated heterocycles. The van der Waals surface area contributed by atoms with E-state index >= 15 is 0 Å². The highest BCUT2D eigenvalue weighted by molar-refractivity contribution is 5.35. The predicted octanol–water partition coefficient (Wildman–Crippen LogP) is 2.12. The van der Waals surface area contributed by atoms with E-state index in [4.69, 9.17) is 4.74 Å². The Kier molecular flexibility index (Phi) is 2.91. The van der Waals surface area contributed by atoms with Crippen molar-refractivity contribution in [1.29, 1.82) is 0 Å². The van der Waals surface area contributed by atoms with Gasteiger partial charge in [-0.1, -0.05) is 0 Å². The van der Waals surface area contributed by atoms with Crippen molar-refractivity contribution in [2.75, 3.05) is 0 Å². The van der Waals surface area contributed by atoms with Gasteiger partial charge < -0.3 is 9.84 Å². The lowest BCUT2D eigenvalue weighted by atomic mass is 9.96. The number of aryl methyl sites for hydroxylation is 2. The van der Waals surface area contributed by atoms with Crippen molar-refractivity contribution in [2.24, 2.45) is 0 Å². The first-order valence-electron chi connectivity index (χ1n) is 5.45. The van der Waals surface area contributed by atoms with E-state index in [-0.39, 0.29) is 6.61 Å². The molecule has 0 aliphatic heterocycles. The maximum Gasteiger partial charge on any atom is 0.219 e. The Morgan fingerprint density at radius 2 is 2.20 bits per heavy atom. The minimum absolute atomic E-state index is 0.00116. The van der Waals surface area contributed by atoms with Crippen LogP contribution in [-0.4, -0.2) is 16.2 Å². The van der Waals surface area contributed by atoms with Crippen LogP contribution in [0.5, 0.6) is 5.88 Å². The van der Waals surface area contributed by atoms with Crippen LogP contribution in [0.15, 0.2) is 6.07 Å². The molecule has 1 aromatic rings. The van der Waals surface area contributed by atoms with Crippen LogP contribution in [0.2, 0.25) is 0 Å². The molecule has 0 radical (unpaired) electrons. The number of hydrogen-bond acceptors (Lipinski definition) is 3. The molecule has 0 spiro atoms. The molecule has 82 valence electrons. The van der Waals surface area contributed by atoms with E-state index in [2.05, 4.69) is 4.98 Å². The SMILES string of the molecule is Cc1cc(C)c(CO)c(OC2CCC2)n1. The topological polar surface area (TPSA) is 42.4 Å². The first-order valence-corrected chi connectivity index (χ1v) is 5.45. The second-order valence-corrected chi connectivity index (χ2v) is 4.19. The average Bonchev–Trinajstić information content (AvgIpc) is 2.10. The van der Waals surface area contributed by atoms with E-state index in [1.807, 2.05) is 19.9 Å². The standard InChI is InChI=1S/C12H17NO2/c1-8-6-9(2)13-12(11(8)7-14)15-10-4-3-5-10/h6,10,14H,3-5,7H2,1-2H3. The molecular weight excluding hydrogens is 190 g/mol. The molecule has 0 aromatic carbocycles. The Morgan fingerprint density at radius 1 is 1.47 bits per heavy atom. The van der Waals surface area contributed by atoms with Gasteiger partial charge in [-0.2, -0.15) is 0 Å². The third-order valence-corrected chi connectivity index (χ3v) is 2.93. The van der Waals surface area contributed by atoms with Crippen LogP contribution < -0.4 is 4.74 Å². The summed E-state index contributed by atoms with van der Waals surface area (Å²) in [4.78, 5) is 4.34. The highest BCUT2D eigenvalue weighted by Gasteiger charge is 2.21. The van der Waals surface area contributed by atoms with Gasteiger partial charge in [0.25, 0.3) is 0 Å². The fourth-order valence-electron chi connectivity index (χ4n) is 1.77. The third-order valence-electron chi connectivity index (χ3n) is 2.93. The van der Waals surface area contributed by atoms with E-state index < -0.39 is 0 Å². The maximum absolute atomic E-state index is 9.27. The first-order chi connectivity index (χ1) is 7.20. The summed E-state index contributed by atoms with van der Waals surface area (Å²) in [5.74, 6) is 0.625. The van der Waals surface area contributed by atoms with Gasteiger partial charge in [-0.15, -0.1) is 0 Å². The fraction of sp³-hybridized carbons (Fsp3) is 0.583. The molecule has 1 aliphatic carbocycles. The molecule has 0 amide bonds. The number of pyridine rings is 1. The summed E-state index contributed by atoms with van der Waals surface area (Å²) in [6, 6.07) is 1.97. The smallest absolute Gasteiger partial charge is 0.219 e. The first kappa shape index (κ1) is 10.4. The van der Waals surface area contributed by atoms with Crippen molar-refractivity contribution in [2.45, 2.75) is 45.8 Å². The van der Waals surface area contributed by atoms with Gasteiger partial charge >= 0.3 is 0 Å². The zero-order valence-electron chi connectivity index (χ0n) is 9.29. The number of aromatic nitrogens is 1. The summed E-state index contributed by atoms with van der Waals surface area (Å²) in [5.41, 5.74) is 2.82. The molecule has 1 fully saturated rings. The van der Waals surface area contributed by atoms with Gasteiger partial charge in [0.2, 0.25) is 5.88 Å². The van der Waals surface area contributed by atoms with Crippen LogP contribution in [-0.2, 0) is 6.61 Å². The fourth-order valence-corrected chi connectivity index (χ4v) is 1.77. The Bertz CT molecular complexity index is 359. The van der Waals surface area contributed by atoms with Gasteiger partial charge in [-0.25, -0.2) is 4.98 Å². The van der Waals surface area contributed by atoms with Gasteiger partial charge in [-0.05, 0) is 44.7 Å². The zero-order valence-corrected chi connectivity index (χ0v) is 9.29. The van der Waals surface area contributed by atoms with Gasteiger partial charge in [0.15, 0.2) is 0 Å². The molecule has 3 nitrogen and oxygen atoms in total. The Hall–Kier alpha value is -1.09. The predicted molar refractivity (Wildman–Crippen MR) is 57.9 cm³/mol. The average molecular weight is 207 g/mol.